The van der Waals surface area contributed by atoms with Crippen LogP contribution in [0.5, 0.6) is 0 Å². The molecule has 0 aliphatic carbocycles. The van der Waals surface area contributed by atoms with Crippen molar-refractivity contribution in [3.8, 4) is 5.69 Å². The van der Waals surface area contributed by atoms with E-state index in [1.165, 1.54) is 9.58 Å². The first-order chi connectivity index (χ1) is 11.9. The summed E-state index contributed by atoms with van der Waals surface area (Å²) in [5.74, 6) is -1.45. The van der Waals surface area contributed by atoms with E-state index < -0.39 is 17.9 Å². The number of morpholine rings is 1. The number of aromatic nitrogens is 3. The Morgan fingerprint density at radius 3 is 2.64 bits per heavy atom. The van der Waals surface area contributed by atoms with Gasteiger partial charge in [0.15, 0.2) is 6.04 Å². The number of hydrogen-bond donors (Lipinski definition) is 1. The predicted octanol–water partition coefficient (Wildman–Crippen LogP) is 1.81. The van der Waals surface area contributed by atoms with Crippen molar-refractivity contribution < 1.29 is 19.4 Å². The summed E-state index contributed by atoms with van der Waals surface area (Å²) < 4.78 is 6.50. The molecule has 1 N–H and O–H groups in total. The number of aliphatic carboxylic acids is 1. The van der Waals surface area contributed by atoms with Crippen molar-refractivity contribution in [1.82, 2.24) is 19.7 Å². The predicted molar refractivity (Wildman–Crippen MR) is 89.4 cm³/mol. The molecule has 1 aliphatic rings. The van der Waals surface area contributed by atoms with E-state index in [9.17, 15) is 14.7 Å². The molecule has 2 aromatic rings. The number of amides is 1. The second kappa shape index (κ2) is 6.99. The van der Waals surface area contributed by atoms with Gasteiger partial charge in [0.2, 0.25) is 5.82 Å². The van der Waals surface area contributed by atoms with Gasteiger partial charge in [-0.2, -0.15) is 0 Å². The molecule has 0 spiro atoms. The van der Waals surface area contributed by atoms with E-state index in [-0.39, 0.29) is 25.6 Å². The number of para-hydroxylation sites is 1. The molecular weight excluding hydrogens is 371 g/mol. The highest BCUT2D eigenvalue weighted by molar-refractivity contribution is 6.37. The quantitative estimate of drug-likeness (QED) is 0.866. The van der Waals surface area contributed by atoms with E-state index in [0.717, 1.165) is 0 Å². The van der Waals surface area contributed by atoms with Crippen LogP contribution < -0.4 is 0 Å². The van der Waals surface area contributed by atoms with Gasteiger partial charge in [-0.3, -0.25) is 4.79 Å². The monoisotopic (exact) mass is 384 g/mol. The maximum Gasteiger partial charge on any atom is 0.328 e. The van der Waals surface area contributed by atoms with Crippen molar-refractivity contribution in [2.24, 2.45) is 0 Å². The van der Waals surface area contributed by atoms with Gasteiger partial charge < -0.3 is 14.7 Å². The van der Waals surface area contributed by atoms with Crippen molar-refractivity contribution in [3.05, 3.63) is 39.9 Å². The number of carboxylic acids is 1. The fraction of sp³-hybridized carbons (Fsp3) is 0.333. The minimum absolute atomic E-state index is 0.0723. The van der Waals surface area contributed by atoms with Crippen molar-refractivity contribution in [2.75, 3.05) is 19.8 Å². The first-order valence-corrected chi connectivity index (χ1v) is 8.15. The van der Waals surface area contributed by atoms with Crippen LogP contribution in [-0.2, 0) is 9.53 Å². The highest BCUT2D eigenvalue weighted by Crippen LogP contribution is 2.28. The lowest BCUT2D eigenvalue weighted by Crippen LogP contribution is -2.52. The van der Waals surface area contributed by atoms with Crippen LogP contribution in [0.3, 0.4) is 0 Å². The molecule has 2 heterocycles. The molecule has 1 aliphatic heterocycles. The average Bonchev–Trinajstić information content (AvgIpc) is 2.95. The molecule has 25 heavy (non-hydrogen) atoms. The van der Waals surface area contributed by atoms with Crippen molar-refractivity contribution >= 4 is 35.1 Å². The van der Waals surface area contributed by atoms with Gasteiger partial charge in [0, 0.05) is 6.54 Å². The van der Waals surface area contributed by atoms with Crippen LogP contribution in [0, 0.1) is 6.92 Å². The summed E-state index contributed by atoms with van der Waals surface area (Å²) in [5, 5.41) is 14.2. The van der Waals surface area contributed by atoms with Gasteiger partial charge in [-0.05, 0) is 19.1 Å². The first-order valence-electron chi connectivity index (χ1n) is 7.39. The van der Waals surface area contributed by atoms with Gasteiger partial charge >= 0.3 is 5.97 Å². The molecule has 0 radical (unpaired) electrons. The van der Waals surface area contributed by atoms with Gasteiger partial charge in [-0.1, -0.05) is 29.3 Å². The van der Waals surface area contributed by atoms with Crippen LogP contribution >= 0.6 is 23.2 Å². The summed E-state index contributed by atoms with van der Waals surface area (Å²) in [6.45, 7) is 1.98. The van der Waals surface area contributed by atoms with Crippen LogP contribution in [0.1, 0.15) is 16.4 Å². The zero-order chi connectivity index (χ0) is 18.1. The topological polar surface area (TPSA) is 97.6 Å². The van der Waals surface area contributed by atoms with Crippen LogP contribution in [0.2, 0.25) is 10.0 Å². The molecule has 1 unspecified atom stereocenters. The third-order valence-electron chi connectivity index (χ3n) is 3.78. The van der Waals surface area contributed by atoms with E-state index in [2.05, 4.69) is 10.1 Å². The molecule has 0 bridgehead atoms. The Bertz CT molecular complexity index is 819. The lowest BCUT2D eigenvalue weighted by Gasteiger charge is -2.31. The summed E-state index contributed by atoms with van der Waals surface area (Å²) in [4.78, 5) is 29.4. The summed E-state index contributed by atoms with van der Waals surface area (Å²) in [6.07, 6.45) is 0. The Hall–Kier alpha value is -2.16. The number of aryl methyl sites for hydroxylation is 1. The summed E-state index contributed by atoms with van der Waals surface area (Å²) in [5.41, 5.74) is 0.409. The van der Waals surface area contributed by atoms with Crippen LogP contribution in [0.4, 0.5) is 0 Å². The van der Waals surface area contributed by atoms with Crippen molar-refractivity contribution in [3.63, 3.8) is 0 Å². The summed E-state index contributed by atoms with van der Waals surface area (Å²) in [6, 6.07) is 3.91. The number of rotatable bonds is 3. The minimum Gasteiger partial charge on any atom is -0.480 e. The summed E-state index contributed by atoms with van der Waals surface area (Å²) >= 11 is 12.4. The maximum atomic E-state index is 12.7. The number of carboxylic acid groups (broad SMARTS) is 1. The van der Waals surface area contributed by atoms with Crippen molar-refractivity contribution in [2.45, 2.75) is 13.0 Å². The van der Waals surface area contributed by atoms with Crippen LogP contribution in [0.25, 0.3) is 5.69 Å². The molecule has 1 amide bonds. The normalized spacial score (nSPS) is 17.6. The first kappa shape index (κ1) is 17.7. The van der Waals surface area contributed by atoms with Gasteiger partial charge in [0.05, 0.1) is 23.3 Å². The molecular formula is C15H14Cl2N4O4. The molecule has 1 saturated heterocycles. The van der Waals surface area contributed by atoms with Gasteiger partial charge in [-0.15, -0.1) is 5.10 Å². The number of carbonyl (C=O) groups is 2. The Labute approximate surface area is 152 Å². The number of carbonyl (C=O) groups excluding carboxylic acids is 1. The zero-order valence-corrected chi connectivity index (χ0v) is 14.7. The molecule has 1 atom stereocenters. The second-order valence-electron chi connectivity index (χ2n) is 5.39. The van der Waals surface area contributed by atoms with Crippen LogP contribution in [0.15, 0.2) is 18.2 Å². The van der Waals surface area contributed by atoms with Crippen molar-refractivity contribution in [1.29, 1.82) is 0 Å². The smallest absolute Gasteiger partial charge is 0.328 e. The lowest BCUT2D eigenvalue weighted by atomic mass is 10.2. The third-order valence-corrected chi connectivity index (χ3v) is 4.39. The number of ether oxygens (including phenoxy) is 1. The maximum absolute atomic E-state index is 12.7. The van der Waals surface area contributed by atoms with E-state index in [1.54, 1.807) is 25.1 Å². The number of nitrogens with zero attached hydrogens (tertiary/aromatic N) is 4. The Morgan fingerprint density at radius 2 is 2.00 bits per heavy atom. The molecule has 132 valence electrons. The van der Waals surface area contributed by atoms with Crippen LogP contribution in [-0.4, -0.2) is 62.4 Å². The average molecular weight is 385 g/mol. The van der Waals surface area contributed by atoms with E-state index in [1.807, 2.05) is 0 Å². The Kier molecular flexibility index (Phi) is 4.94. The molecule has 1 fully saturated rings. The lowest BCUT2D eigenvalue weighted by molar-refractivity contribution is -0.147. The zero-order valence-electron chi connectivity index (χ0n) is 13.1. The Morgan fingerprint density at radius 1 is 1.32 bits per heavy atom. The van der Waals surface area contributed by atoms with E-state index in [4.69, 9.17) is 27.9 Å². The highest BCUT2D eigenvalue weighted by atomic mass is 35.5. The fourth-order valence-corrected chi connectivity index (χ4v) is 3.12. The third kappa shape index (κ3) is 3.33. The molecule has 1 aromatic heterocycles. The fourth-order valence-electron chi connectivity index (χ4n) is 2.56. The summed E-state index contributed by atoms with van der Waals surface area (Å²) in [7, 11) is 0. The standard InChI is InChI=1S/C15H14Cl2N4O4/c1-8-18-13(14(22)20-5-6-25-7-11(20)15(23)24)19-21(8)12-9(16)3-2-4-10(12)17/h2-4,11H,5-7H2,1H3,(H,23,24). The highest BCUT2D eigenvalue weighted by Gasteiger charge is 2.35. The van der Waals surface area contributed by atoms with E-state index >= 15 is 0 Å². The van der Waals surface area contributed by atoms with Gasteiger partial charge in [0.1, 0.15) is 11.5 Å². The Balaban J connectivity index is 1.97. The molecule has 8 nitrogen and oxygen atoms in total. The van der Waals surface area contributed by atoms with Gasteiger partial charge in [0.25, 0.3) is 5.91 Å². The molecule has 1 aromatic carbocycles. The van der Waals surface area contributed by atoms with Gasteiger partial charge in [-0.25, -0.2) is 14.5 Å². The molecule has 0 saturated carbocycles. The number of benzene rings is 1. The number of hydrogen-bond acceptors (Lipinski definition) is 5. The minimum atomic E-state index is -1.14. The molecule has 10 heteroatoms. The molecule has 3 rings (SSSR count). The SMILES string of the molecule is Cc1nc(C(=O)N2CCOCC2C(=O)O)nn1-c1c(Cl)cccc1Cl. The largest absolute Gasteiger partial charge is 0.480 e. The second-order valence-corrected chi connectivity index (χ2v) is 6.21. The number of halogens is 2. The van der Waals surface area contributed by atoms with E-state index in [0.29, 0.717) is 21.6 Å².